The normalized spacial score (nSPS) is 31.5. The molecule has 1 amide bonds. The number of hydrogen-bond donors (Lipinski definition) is 2. The van der Waals surface area contributed by atoms with Crippen LogP contribution in [0.5, 0.6) is 0 Å². The Kier molecular flexibility index (Phi) is 2.77. The van der Waals surface area contributed by atoms with E-state index < -0.39 is 0 Å². The van der Waals surface area contributed by atoms with E-state index in [1.54, 1.807) is 0 Å². The molecule has 3 N–H and O–H groups in total. The molecule has 1 saturated carbocycles. The average Bonchev–Trinajstić information content (AvgIpc) is 2.19. The van der Waals surface area contributed by atoms with E-state index in [0.29, 0.717) is 5.92 Å². The maximum Gasteiger partial charge on any atom is 0.220 e. The van der Waals surface area contributed by atoms with Gasteiger partial charge in [0.15, 0.2) is 0 Å². The average molecular weight is 196 g/mol. The highest BCUT2D eigenvalue weighted by Gasteiger charge is 2.43. The van der Waals surface area contributed by atoms with E-state index in [4.69, 9.17) is 5.73 Å². The first-order valence-corrected chi connectivity index (χ1v) is 5.74. The highest BCUT2D eigenvalue weighted by molar-refractivity contribution is 5.77. The van der Waals surface area contributed by atoms with Crippen LogP contribution in [0, 0.1) is 11.3 Å². The Morgan fingerprint density at radius 2 is 2.07 bits per heavy atom. The zero-order valence-electron chi connectivity index (χ0n) is 8.72. The van der Waals surface area contributed by atoms with Gasteiger partial charge < -0.3 is 11.1 Å². The summed E-state index contributed by atoms with van der Waals surface area (Å²) in [6, 6.07) is 0. The summed E-state index contributed by atoms with van der Waals surface area (Å²) >= 11 is 0. The van der Waals surface area contributed by atoms with Gasteiger partial charge >= 0.3 is 0 Å². The molecular formula is C11H20N2O. The summed E-state index contributed by atoms with van der Waals surface area (Å²) in [6.07, 6.45) is 7.04. The molecule has 0 radical (unpaired) electrons. The topological polar surface area (TPSA) is 55.1 Å². The van der Waals surface area contributed by atoms with Crippen LogP contribution in [-0.4, -0.2) is 19.0 Å². The number of amides is 1. The SMILES string of the molecule is NCC1CNC(=O)CC12CCCCC2. The number of carbonyl (C=O) groups excluding carboxylic acids is 1. The molecule has 2 aliphatic rings. The molecule has 1 saturated heterocycles. The summed E-state index contributed by atoms with van der Waals surface area (Å²) in [5.74, 6) is 0.747. The summed E-state index contributed by atoms with van der Waals surface area (Å²) in [5.41, 5.74) is 6.06. The van der Waals surface area contributed by atoms with Crippen molar-refractivity contribution >= 4 is 5.91 Å². The predicted molar refractivity (Wildman–Crippen MR) is 55.7 cm³/mol. The second-order valence-electron chi connectivity index (χ2n) is 4.84. The molecule has 80 valence electrons. The predicted octanol–water partition coefficient (Wildman–Crippen LogP) is 1.03. The number of hydrogen-bond acceptors (Lipinski definition) is 2. The van der Waals surface area contributed by atoms with Crippen molar-refractivity contribution in [2.24, 2.45) is 17.1 Å². The van der Waals surface area contributed by atoms with Crippen molar-refractivity contribution < 1.29 is 4.79 Å². The Labute approximate surface area is 85.4 Å². The van der Waals surface area contributed by atoms with Crippen LogP contribution in [0.15, 0.2) is 0 Å². The zero-order chi connectivity index (χ0) is 10.0. The largest absolute Gasteiger partial charge is 0.356 e. The zero-order valence-corrected chi connectivity index (χ0v) is 8.72. The smallest absolute Gasteiger partial charge is 0.220 e. The Morgan fingerprint density at radius 3 is 2.71 bits per heavy atom. The summed E-state index contributed by atoms with van der Waals surface area (Å²) in [4.78, 5) is 11.4. The number of rotatable bonds is 1. The van der Waals surface area contributed by atoms with Crippen LogP contribution >= 0.6 is 0 Å². The first-order valence-electron chi connectivity index (χ1n) is 5.74. The molecule has 3 heteroatoms. The van der Waals surface area contributed by atoms with Gasteiger partial charge in [-0.3, -0.25) is 4.79 Å². The van der Waals surface area contributed by atoms with E-state index in [2.05, 4.69) is 5.32 Å². The minimum absolute atomic E-state index is 0.233. The van der Waals surface area contributed by atoms with Gasteiger partial charge in [-0.25, -0.2) is 0 Å². The maximum atomic E-state index is 11.4. The van der Waals surface area contributed by atoms with Crippen LogP contribution in [0.25, 0.3) is 0 Å². The van der Waals surface area contributed by atoms with Crippen LogP contribution in [0.4, 0.5) is 0 Å². The second kappa shape index (κ2) is 3.89. The monoisotopic (exact) mass is 196 g/mol. The summed E-state index contributed by atoms with van der Waals surface area (Å²) in [7, 11) is 0. The molecule has 1 heterocycles. The molecule has 0 aromatic carbocycles. The quantitative estimate of drug-likeness (QED) is 0.658. The van der Waals surface area contributed by atoms with E-state index in [9.17, 15) is 4.79 Å². The Bertz CT molecular complexity index is 221. The summed E-state index contributed by atoms with van der Waals surface area (Å²) in [5, 5.41) is 2.94. The van der Waals surface area contributed by atoms with Crippen molar-refractivity contribution in [3.05, 3.63) is 0 Å². The Balaban J connectivity index is 2.13. The molecule has 14 heavy (non-hydrogen) atoms. The first-order chi connectivity index (χ1) is 6.77. The van der Waals surface area contributed by atoms with Crippen molar-refractivity contribution in [2.75, 3.05) is 13.1 Å². The molecule has 1 atom stereocenters. The van der Waals surface area contributed by atoms with Gasteiger partial charge in [-0.05, 0) is 30.7 Å². The molecule has 2 rings (SSSR count). The van der Waals surface area contributed by atoms with Gasteiger partial charge in [0, 0.05) is 13.0 Å². The molecule has 1 aliphatic carbocycles. The van der Waals surface area contributed by atoms with Gasteiger partial charge in [-0.2, -0.15) is 0 Å². The molecule has 1 unspecified atom stereocenters. The fourth-order valence-electron chi connectivity index (χ4n) is 3.15. The van der Waals surface area contributed by atoms with Gasteiger partial charge in [-0.15, -0.1) is 0 Å². The van der Waals surface area contributed by atoms with Crippen molar-refractivity contribution in [1.29, 1.82) is 0 Å². The lowest BCUT2D eigenvalue weighted by atomic mass is 9.62. The molecule has 1 aliphatic heterocycles. The van der Waals surface area contributed by atoms with Gasteiger partial charge in [-0.1, -0.05) is 19.3 Å². The fraction of sp³-hybridized carbons (Fsp3) is 0.909. The van der Waals surface area contributed by atoms with Crippen molar-refractivity contribution in [2.45, 2.75) is 38.5 Å². The standard InChI is InChI=1S/C11H20N2O/c12-7-9-8-13-10(14)6-11(9)4-2-1-3-5-11/h9H,1-8,12H2,(H,13,14). The van der Waals surface area contributed by atoms with E-state index in [0.717, 1.165) is 19.5 Å². The maximum absolute atomic E-state index is 11.4. The van der Waals surface area contributed by atoms with E-state index in [-0.39, 0.29) is 11.3 Å². The first kappa shape index (κ1) is 9.97. The fourth-order valence-corrected chi connectivity index (χ4v) is 3.15. The van der Waals surface area contributed by atoms with Crippen molar-refractivity contribution in [3.8, 4) is 0 Å². The van der Waals surface area contributed by atoms with E-state index >= 15 is 0 Å². The third-order valence-corrected chi connectivity index (χ3v) is 4.06. The van der Waals surface area contributed by atoms with Crippen molar-refractivity contribution in [3.63, 3.8) is 0 Å². The number of nitrogens with one attached hydrogen (secondary N) is 1. The minimum atomic E-state index is 0.233. The number of piperidine rings is 1. The summed E-state index contributed by atoms with van der Waals surface area (Å²) < 4.78 is 0. The Morgan fingerprint density at radius 1 is 1.36 bits per heavy atom. The van der Waals surface area contributed by atoms with Crippen LogP contribution in [0.2, 0.25) is 0 Å². The minimum Gasteiger partial charge on any atom is -0.356 e. The second-order valence-corrected chi connectivity index (χ2v) is 4.84. The Hall–Kier alpha value is -0.570. The van der Waals surface area contributed by atoms with Crippen molar-refractivity contribution in [1.82, 2.24) is 5.32 Å². The third kappa shape index (κ3) is 1.65. The lowest BCUT2D eigenvalue weighted by Crippen LogP contribution is -2.51. The van der Waals surface area contributed by atoms with Gasteiger partial charge in [0.2, 0.25) is 5.91 Å². The molecular weight excluding hydrogens is 176 g/mol. The van der Waals surface area contributed by atoms with E-state index in [1.165, 1.54) is 32.1 Å². The molecule has 1 spiro atoms. The number of carbonyl (C=O) groups is 1. The van der Waals surface area contributed by atoms with Crippen LogP contribution < -0.4 is 11.1 Å². The highest BCUT2D eigenvalue weighted by atomic mass is 16.1. The highest BCUT2D eigenvalue weighted by Crippen LogP contribution is 2.46. The van der Waals surface area contributed by atoms with Gasteiger partial charge in [0.1, 0.15) is 0 Å². The third-order valence-electron chi connectivity index (χ3n) is 4.06. The van der Waals surface area contributed by atoms with Crippen LogP contribution in [0.1, 0.15) is 38.5 Å². The molecule has 0 bridgehead atoms. The van der Waals surface area contributed by atoms with Crippen LogP contribution in [-0.2, 0) is 4.79 Å². The molecule has 2 fully saturated rings. The summed E-state index contributed by atoms with van der Waals surface area (Å²) in [6.45, 7) is 1.52. The van der Waals surface area contributed by atoms with Gasteiger partial charge in [0.05, 0.1) is 0 Å². The molecule has 3 nitrogen and oxygen atoms in total. The van der Waals surface area contributed by atoms with E-state index in [1.807, 2.05) is 0 Å². The number of nitrogens with two attached hydrogens (primary N) is 1. The molecule has 0 aromatic heterocycles. The van der Waals surface area contributed by atoms with Gasteiger partial charge in [0.25, 0.3) is 0 Å². The lowest BCUT2D eigenvalue weighted by Gasteiger charge is -2.46. The van der Waals surface area contributed by atoms with Crippen LogP contribution in [0.3, 0.4) is 0 Å². The molecule has 0 aromatic rings. The lowest BCUT2D eigenvalue weighted by molar-refractivity contribution is -0.129.